The summed E-state index contributed by atoms with van der Waals surface area (Å²) < 4.78 is 17.4. The molecule has 1 N–H and O–H groups in total. The minimum Gasteiger partial charge on any atom is -0.504 e. The van der Waals surface area contributed by atoms with Crippen LogP contribution in [0.2, 0.25) is 0 Å². The summed E-state index contributed by atoms with van der Waals surface area (Å²) in [6.07, 6.45) is 0. The highest BCUT2D eigenvalue weighted by Gasteiger charge is 2.20. The van der Waals surface area contributed by atoms with E-state index >= 15 is 0 Å². The summed E-state index contributed by atoms with van der Waals surface area (Å²) in [6, 6.07) is 10.8. The molecule has 0 aliphatic heterocycles. The Morgan fingerprint density at radius 3 is 2.68 bits per heavy atom. The minimum atomic E-state index is -0.343. The lowest BCUT2D eigenvalue weighted by Crippen LogP contribution is -2.02. The highest BCUT2D eigenvalue weighted by molar-refractivity contribution is 7.17. The van der Waals surface area contributed by atoms with Crippen LogP contribution in [0.1, 0.15) is 0 Å². The number of ether oxygens (including phenoxy) is 2. The molecule has 4 rings (SSSR count). The monoisotopic (exact) mass is 354 g/mol. The van der Waals surface area contributed by atoms with Crippen LogP contribution in [0.5, 0.6) is 17.2 Å². The number of fused-ring (bicyclic) bond motifs is 2. The van der Waals surface area contributed by atoms with E-state index < -0.39 is 0 Å². The molecule has 4 aromatic rings. The van der Waals surface area contributed by atoms with E-state index in [1.165, 1.54) is 20.3 Å². The van der Waals surface area contributed by atoms with Crippen molar-refractivity contribution in [3.63, 3.8) is 0 Å². The molecule has 6 heteroatoms. The van der Waals surface area contributed by atoms with Crippen LogP contribution in [0.3, 0.4) is 0 Å². The first-order valence-corrected chi connectivity index (χ1v) is 8.40. The predicted octanol–water partition coefficient (Wildman–Crippen LogP) is 4.40. The predicted molar refractivity (Wildman–Crippen MR) is 98.1 cm³/mol. The molecule has 0 amide bonds. The van der Waals surface area contributed by atoms with Gasteiger partial charge in [0.05, 0.1) is 14.2 Å². The van der Waals surface area contributed by atoms with Crippen molar-refractivity contribution in [1.29, 1.82) is 0 Å². The molecule has 5 nitrogen and oxygen atoms in total. The Bertz CT molecular complexity index is 1160. The summed E-state index contributed by atoms with van der Waals surface area (Å²) in [5, 5.41) is 13.4. The molecular weight excluding hydrogens is 340 g/mol. The maximum Gasteiger partial charge on any atom is 0.204 e. The van der Waals surface area contributed by atoms with E-state index in [1.54, 1.807) is 17.4 Å². The van der Waals surface area contributed by atoms with Crippen molar-refractivity contribution in [1.82, 2.24) is 0 Å². The number of benzene rings is 2. The average molecular weight is 354 g/mol. The first-order valence-electron chi connectivity index (χ1n) is 7.52. The van der Waals surface area contributed by atoms with Gasteiger partial charge in [0.15, 0.2) is 16.9 Å². The Kier molecular flexibility index (Phi) is 3.62. The summed E-state index contributed by atoms with van der Waals surface area (Å²) in [6.45, 7) is 0. The highest BCUT2D eigenvalue weighted by Crippen LogP contribution is 2.42. The van der Waals surface area contributed by atoms with Crippen molar-refractivity contribution in [2.75, 3.05) is 14.2 Å². The van der Waals surface area contributed by atoms with E-state index in [1.807, 2.05) is 29.6 Å². The highest BCUT2D eigenvalue weighted by atomic mass is 32.1. The topological polar surface area (TPSA) is 68.9 Å². The maximum absolute atomic E-state index is 12.6. The zero-order valence-electron chi connectivity index (χ0n) is 13.5. The molecule has 126 valence electrons. The summed E-state index contributed by atoms with van der Waals surface area (Å²) >= 11 is 1.58. The van der Waals surface area contributed by atoms with Crippen LogP contribution in [0.4, 0.5) is 0 Å². The number of aromatic hydroxyl groups is 1. The van der Waals surface area contributed by atoms with E-state index in [0.717, 1.165) is 15.6 Å². The Hall–Kier alpha value is -2.99. The molecule has 0 bridgehead atoms. The molecule has 25 heavy (non-hydrogen) atoms. The molecule has 2 aromatic heterocycles. The molecule has 0 radical (unpaired) electrons. The van der Waals surface area contributed by atoms with Crippen molar-refractivity contribution in [2.45, 2.75) is 0 Å². The number of methoxy groups -OCH3 is 2. The fraction of sp³-hybridized carbons (Fsp3) is 0.105. The van der Waals surface area contributed by atoms with Crippen LogP contribution in [0, 0.1) is 0 Å². The van der Waals surface area contributed by atoms with Crippen molar-refractivity contribution in [3.8, 4) is 28.6 Å². The van der Waals surface area contributed by atoms with Crippen LogP contribution in [0.15, 0.2) is 51.0 Å². The summed E-state index contributed by atoms with van der Waals surface area (Å²) in [7, 11) is 2.86. The van der Waals surface area contributed by atoms with Crippen LogP contribution >= 0.6 is 11.3 Å². The Morgan fingerprint density at radius 2 is 1.92 bits per heavy atom. The van der Waals surface area contributed by atoms with Gasteiger partial charge in [-0.05, 0) is 6.07 Å². The smallest absolute Gasteiger partial charge is 0.204 e. The van der Waals surface area contributed by atoms with E-state index in [9.17, 15) is 9.90 Å². The molecule has 0 spiro atoms. The maximum atomic E-state index is 12.6. The summed E-state index contributed by atoms with van der Waals surface area (Å²) in [4.78, 5) is 12.6. The second-order valence-corrected chi connectivity index (χ2v) is 6.37. The van der Waals surface area contributed by atoms with Gasteiger partial charge in [-0.2, -0.15) is 0 Å². The van der Waals surface area contributed by atoms with Gasteiger partial charge in [-0.1, -0.05) is 18.2 Å². The molecule has 0 unspecified atom stereocenters. The van der Waals surface area contributed by atoms with Gasteiger partial charge in [0.25, 0.3) is 0 Å². The molecule has 0 saturated carbocycles. The number of thiophene rings is 1. The van der Waals surface area contributed by atoms with Gasteiger partial charge in [-0.3, -0.25) is 4.79 Å². The number of hydrogen-bond donors (Lipinski definition) is 1. The number of phenolic OH excluding ortho intramolecular Hbond substituents is 1. The molecule has 2 heterocycles. The van der Waals surface area contributed by atoms with Crippen molar-refractivity contribution < 1.29 is 19.0 Å². The SMILES string of the molecule is COc1cc2oc(-c3csc4ccccc34)cc(=O)c2c(O)c1OC. The molecule has 0 atom stereocenters. The van der Waals surface area contributed by atoms with Gasteiger partial charge in [0, 0.05) is 33.2 Å². The van der Waals surface area contributed by atoms with E-state index in [0.29, 0.717) is 11.5 Å². The number of phenols is 1. The second-order valence-electron chi connectivity index (χ2n) is 5.45. The van der Waals surface area contributed by atoms with Crippen molar-refractivity contribution in [3.05, 3.63) is 52.0 Å². The quantitative estimate of drug-likeness (QED) is 0.591. The lowest BCUT2D eigenvalue weighted by molar-refractivity contribution is 0.334. The van der Waals surface area contributed by atoms with Crippen molar-refractivity contribution >= 4 is 32.4 Å². The Morgan fingerprint density at radius 1 is 1.12 bits per heavy atom. The third-order valence-electron chi connectivity index (χ3n) is 4.08. The fourth-order valence-corrected chi connectivity index (χ4v) is 3.86. The third-order valence-corrected chi connectivity index (χ3v) is 5.05. The molecule has 2 aromatic carbocycles. The van der Waals surface area contributed by atoms with Crippen LogP contribution in [0.25, 0.3) is 32.4 Å². The minimum absolute atomic E-state index is 0.0703. The number of rotatable bonds is 3. The van der Waals surface area contributed by atoms with Crippen molar-refractivity contribution in [2.24, 2.45) is 0 Å². The van der Waals surface area contributed by atoms with E-state index in [-0.39, 0.29) is 27.9 Å². The average Bonchev–Trinajstić information content (AvgIpc) is 3.05. The van der Waals surface area contributed by atoms with Gasteiger partial charge in [0.1, 0.15) is 16.7 Å². The summed E-state index contributed by atoms with van der Waals surface area (Å²) in [5.74, 6) is 0.563. The van der Waals surface area contributed by atoms with E-state index in [4.69, 9.17) is 13.9 Å². The first kappa shape index (κ1) is 15.5. The van der Waals surface area contributed by atoms with Gasteiger partial charge < -0.3 is 19.0 Å². The van der Waals surface area contributed by atoms with Gasteiger partial charge >= 0.3 is 0 Å². The van der Waals surface area contributed by atoms with Gasteiger partial charge in [0.2, 0.25) is 5.75 Å². The van der Waals surface area contributed by atoms with Crippen LogP contribution in [-0.4, -0.2) is 19.3 Å². The second kappa shape index (κ2) is 5.82. The van der Waals surface area contributed by atoms with Crippen LogP contribution < -0.4 is 14.9 Å². The zero-order valence-corrected chi connectivity index (χ0v) is 14.3. The Labute approximate surface area is 146 Å². The van der Waals surface area contributed by atoms with Gasteiger partial charge in [-0.25, -0.2) is 0 Å². The van der Waals surface area contributed by atoms with Crippen LogP contribution in [-0.2, 0) is 0 Å². The molecule has 0 saturated heterocycles. The molecule has 0 aliphatic carbocycles. The normalized spacial score (nSPS) is 11.1. The lowest BCUT2D eigenvalue weighted by atomic mass is 10.1. The third kappa shape index (κ3) is 2.34. The number of hydrogen-bond acceptors (Lipinski definition) is 6. The standard InChI is InChI=1S/C19H14O5S/c1-22-15-8-14-17(18(21)19(15)23-2)12(20)7-13(24-14)11-9-25-16-6-4-3-5-10(11)16/h3-9,21H,1-2H3. The van der Waals surface area contributed by atoms with E-state index in [2.05, 4.69) is 0 Å². The van der Waals surface area contributed by atoms with Gasteiger partial charge in [-0.15, -0.1) is 11.3 Å². The largest absolute Gasteiger partial charge is 0.504 e. The zero-order chi connectivity index (χ0) is 17.6. The molecule has 0 aliphatic rings. The molecule has 0 fully saturated rings. The Balaban J connectivity index is 2.03. The first-order chi connectivity index (χ1) is 12.1. The fourth-order valence-electron chi connectivity index (χ4n) is 2.91. The summed E-state index contributed by atoms with van der Waals surface area (Å²) in [5.41, 5.74) is 0.742. The lowest BCUT2D eigenvalue weighted by Gasteiger charge is -2.11. The molecular formula is C19H14O5S.